The van der Waals surface area contributed by atoms with Crippen molar-refractivity contribution >= 4 is 33.0 Å². The minimum Gasteiger partial charge on any atom is -0.311 e. The predicted molar refractivity (Wildman–Crippen MR) is 73.5 cm³/mol. The molecule has 1 aromatic carbocycles. The van der Waals surface area contributed by atoms with Gasteiger partial charge in [-0.25, -0.2) is 0 Å². The van der Waals surface area contributed by atoms with Crippen LogP contribution in [0.25, 0.3) is 10.1 Å². The molecule has 0 spiro atoms. The molecule has 1 N–H and O–H groups in total. The average Bonchev–Trinajstić information content (AvgIpc) is 2.73. The molecule has 1 atom stereocenters. The van der Waals surface area contributed by atoms with Crippen molar-refractivity contribution < 1.29 is 0 Å². The topological polar surface area (TPSA) is 12.0 Å². The first kappa shape index (κ1) is 11.9. The van der Waals surface area contributed by atoms with E-state index in [0.717, 1.165) is 19.5 Å². The fraction of sp³-hybridized carbons (Fsp3) is 0.385. The lowest BCUT2D eigenvalue weighted by atomic mass is 10.2. The number of benzene rings is 1. The lowest BCUT2D eigenvalue weighted by Crippen LogP contribution is -2.22. The smallest absolute Gasteiger partial charge is 0.0458 e. The van der Waals surface area contributed by atoms with Crippen LogP contribution in [0.2, 0.25) is 0 Å². The minimum atomic E-state index is 0.241. The molecular formula is C13H16ClNS. The van der Waals surface area contributed by atoms with Crippen molar-refractivity contribution in [3.63, 3.8) is 0 Å². The standard InChI is InChI=1S/C13H16ClNS/c1-2-11(14)8-15-7-10-9-16-13-6-4-3-5-12(10)13/h3-6,9,11,15H,2,7-8H2,1H3. The number of alkyl halides is 1. The van der Waals surface area contributed by atoms with Crippen LogP contribution < -0.4 is 5.32 Å². The van der Waals surface area contributed by atoms with Gasteiger partial charge in [0.05, 0.1) is 0 Å². The van der Waals surface area contributed by atoms with Crippen LogP contribution in [-0.2, 0) is 6.54 Å². The normalized spacial score (nSPS) is 13.1. The quantitative estimate of drug-likeness (QED) is 0.794. The summed E-state index contributed by atoms with van der Waals surface area (Å²) in [5.74, 6) is 0. The van der Waals surface area contributed by atoms with E-state index in [1.165, 1.54) is 15.6 Å². The van der Waals surface area contributed by atoms with Gasteiger partial charge in [0.2, 0.25) is 0 Å². The molecular weight excluding hydrogens is 238 g/mol. The Bertz CT molecular complexity index is 452. The van der Waals surface area contributed by atoms with E-state index >= 15 is 0 Å². The highest BCUT2D eigenvalue weighted by molar-refractivity contribution is 7.17. The van der Waals surface area contributed by atoms with E-state index in [1.54, 1.807) is 11.3 Å². The fourth-order valence-corrected chi connectivity index (χ4v) is 2.75. The van der Waals surface area contributed by atoms with Crippen molar-refractivity contribution in [1.82, 2.24) is 5.32 Å². The van der Waals surface area contributed by atoms with Gasteiger partial charge in [0, 0.05) is 23.2 Å². The Hall–Kier alpha value is -0.570. The highest BCUT2D eigenvalue weighted by Gasteiger charge is 2.04. The first-order chi connectivity index (χ1) is 7.81. The molecule has 0 fully saturated rings. The average molecular weight is 254 g/mol. The van der Waals surface area contributed by atoms with Crippen molar-refractivity contribution in [3.8, 4) is 0 Å². The zero-order valence-corrected chi connectivity index (χ0v) is 10.9. The van der Waals surface area contributed by atoms with E-state index in [0.29, 0.717) is 0 Å². The molecule has 1 heterocycles. The van der Waals surface area contributed by atoms with E-state index in [4.69, 9.17) is 11.6 Å². The second-order valence-electron chi connectivity index (χ2n) is 3.89. The van der Waals surface area contributed by atoms with Crippen LogP contribution in [0.5, 0.6) is 0 Å². The number of hydrogen-bond acceptors (Lipinski definition) is 2. The van der Waals surface area contributed by atoms with Crippen LogP contribution in [0, 0.1) is 0 Å². The molecule has 0 amide bonds. The Morgan fingerprint density at radius 1 is 1.38 bits per heavy atom. The molecule has 1 nitrogen and oxygen atoms in total. The molecule has 1 unspecified atom stereocenters. The van der Waals surface area contributed by atoms with E-state index in [1.807, 2.05) is 0 Å². The van der Waals surface area contributed by atoms with E-state index in [9.17, 15) is 0 Å². The lowest BCUT2D eigenvalue weighted by molar-refractivity contribution is 0.650. The molecule has 0 saturated heterocycles. The lowest BCUT2D eigenvalue weighted by Gasteiger charge is -2.07. The SMILES string of the molecule is CCC(Cl)CNCc1csc2ccccc12. The molecule has 86 valence electrons. The van der Waals surface area contributed by atoms with Gasteiger partial charge in [-0.2, -0.15) is 0 Å². The zero-order valence-electron chi connectivity index (χ0n) is 9.37. The Morgan fingerprint density at radius 2 is 2.19 bits per heavy atom. The molecule has 16 heavy (non-hydrogen) atoms. The van der Waals surface area contributed by atoms with Crippen LogP contribution in [0.4, 0.5) is 0 Å². The van der Waals surface area contributed by atoms with Crippen LogP contribution in [0.1, 0.15) is 18.9 Å². The summed E-state index contributed by atoms with van der Waals surface area (Å²) in [6.07, 6.45) is 1.01. The molecule has 1 aromatic heterocycles. The Morgan fingerprint density at radius 3 is 3.00 bits per heavy atom. The Kier molecular flexibility index (Phi) is 4.22. The van der Waals surface area contributed by atoms with Gasteiger partial charge in [-0.05, 0) is 28.8 Å². The number of rotatable bonds is 5. The summed E-state index contributed by atoms with van der Waals surface area (Å²) >= 11 is 7.87. The monoisotopic (exact) mass is 253 g/mol. The highest BCUT2D eigenvalue weighted by Crippen LogP contribution is 2.25. The third-order valence-electron chi connectivity index (χ3n) is 2.69. The van der Waals surface area contributed by atoms with Crippen molar-refractivity contribution in [2.75, 3.05) is 6.54 Å². The molecule has 0 radical (unpaired) electrons. The second kappa shape index (κ2) is 5.67. The van der Waals surface area contributed by atoms with Crippen molar-refractivity contribution in [2.45, 2.75) is 25.3 Å². The number of fused-ring (bicyclic) bond motifs is 1. The highest BCUT2D eigenvalue weighted by atomic mass is 35.5. The molecule has 0 saturated carbocycles. The molecule has 2 aromatic rings. The fourth-order valence-electron chi connectivity index (χ4n) is 1.68. The summed E-state index contributed by atoms with van der Waals surface area (Å²) in [5, 5.41) is 7.24. The van der Waals surface area contributed by atoms with Gasteiger partial charge in [0.15, 0.2) is 0 Å². The zero-order chi connectivity index (χ0) is 11.4. The number of thiophene rings is 1. The van der Waals surface area contributed by atoms with Gasteiger partial charge in [-0.1, -0.05) is 25.1 Å². The summed E-state index contributed by atoms with van der Waals surface area (Å²) in [4.78, 5) is 0. The molecule has 0 aliphatic rings. The third-order valence-corrected chi connectivity index (χ3v) is 4.16. The number of hydrogen-bond donors (Lipinski definition) is 1. The summed E-state index contributed by atoms with van der Waals surface area (Å²) in [6.45, 7) is 3.90. The van der Waals surface area contributed by atoms with Gasteiger partial charge >= 0.3 is 0 Å². The summed E-state index contributed by atoms with van der Waals surface area (Å²) < 4.78 is 1.36. The molecule has 0 aliphatic heterocycles. The van der Waals surface area contributed by atoms with Crippen LogP contribution in [-0.4, -0.2) is 11.9 Å². The molecule has 3 heteroatoms. The minimum absolute atomic E-state index is 0.241. The molecule has 0 bridgehead atoms. The van der Waals surface area contributed by atoms with Crippen LogP contribution in [0.3, 0.4) is 0 Å². The second-order valence-corrected chi connectivity index (χ2v) is 5.42. The summed E-state index contributed by atoms with van der Waals surface area (Å²) in [7, 11) is 0. The van der Waals surface area contributed by atoms with Crippen LogP contribution in [0.15, 0.2) is 29.6 Å². The maximum absolute atomic E-state index is 6.06. The summed E-state index contributed by atoms with van der Waals surface area (Å²) in [5.41, 5.74) is 1.38. The first-order valence-electron chi connectivity index (χ1n) is 5.61. The van der Waals surface area contributed by atoms with Gasteiger partial charge in [0.1, 0.15) is 0 Å². The van der Waals surface area contributed by atoms with Crippen molar-refractivity contribution in [2.24, 2.45) is 0 Å². The van der Waals surface area contributed by atoms with Gasteiger partial charge in [0.25, 0.3) is 0 Å². The summed E-state index contributed by atoms with van der Waals surface area (Å²) in [6, 6.07) is 8.53. The number of halogens is 1. The van der Waals surface area contributed by atoms with Gasteiger partial charge in [-0.3, -0.25) is 0 Å². The van der Waals surface area contributed by atoms with E-state index < -0.39 is 0 Å². The van der Waals surface area contributed by atoms with Gasteiger partial charge in [-0.15, -0.1) is 22.9 Å². The van der Waals surface area contributed by atoms with Gasteiger partial charge < -0.3 is 5.32 Å². The van der Waals surface area contributed by atoms with Crippen LogP contribution >= 0.6 is 22.9 Å². The Balaban J connectivity index is 1.99. The largest absolute Gasteiger partial charge is 0.311 e. The Labute approximate surface area is 105 Å². The number of nitrogens with one attached hydrogen (secondary N) is 1. The van der Waals surface area contributed by atoms with Crippen molar-refractivity contribution in [3.05, 3.63) is 35.2 Å². The van der Waals surface area contributed by atoms with E-state index in [2.05, 4.69) is 41.9 Å². The van der Waals surface area contributed by atoms with E-state index in [-0.39, 0.29) is 5.38 Å². The predicted octanol–water partition coefficient (Wildman–Crippen LogP) is 4.01. The first-order valence-corrected chi connectivity index (χ1v) is 6.92. The molecule has 0 aliphatic carbocycles. The maximum Gasteiger partial charge on any atom is 0.0458 e. The molecule has 2 rings (SSSR count). The maximum atomic E-state index is 6.06. The van der Waals surface area contributed by atoms with Crippen molar-refractivity contribution in [1.29, 1.82) is 0 Å². The third kappa shape index (κ3) is 2.76.